The summed E-state index contributed by atoms with van der Waals surface area (Å²) in [5.41, 5.74) is 10.2. The molecule has 0 rings (SSSR count). The number of carboxylic acid groups (broad SMARTS) is 4. The Morgan fingerprint density at radius 2 is 0.783 bits per heavy atom. The van der Waals surface area contributed by atoms with Gasteiger partial charge in [0, 0.05) is 99.4 Å². The maximum atomic E-state index is 9.00. The molecule has 12 heteroatoms. The largest absolute Gasteiger partial charge is 0.481 e. The summed E-state index contributed by atoms with van der Waals surface area (Å²) >= 11 is 0. The number of carbonyl (C=O) groups is 4. The summed E-state index contributed by atoms with van der Waals surface area (Å²) in [6.45, 7) is 6.79. The molecule has 0 aromatic heterocycles. The first-order chi connectivity index (χ1) is 9.20. The summed E-state index contributed by atoms with van der Waals surface area (Å²) in [5, 5.41) is 29.7. The fourth-order valence-corrected chi connectivity index (χ4v) is 0. The van der Waals surface area contributed by atoms with E-state index in [1.54, 1.807) is 0 Å². The Morgan fingerprint density at radius 3 is 0.783 bits per heavy atom. The van der Waals surface area contributed by atoms with Gasteiger partial charge in [0.15, 0.2) is 0 Å². The SMILES string of the molecule is CC(=O)O.CC(=O)O.CC(=O)O.CC(=O)O.CC(N)CN.[Na].[Na]. The van der Waals surface area contributed by atoms with Crippen molar-refractivity contribution >= 4 is 83.0 Å². The van der Waals surface area contributed by atoms with Crippen LogP contribution in [0.1, 0.15) is 34.6 Å². The van der Waals surface area contributed by atoms with E-state index in [0.717, 1.165) is 27.7 Å². The normalized spacial score (nSPS) is 7.61. The van der Waals surface area contributed by atoms with E-state index in [-0.39, 0.29) is 65.2 Å². The molecule has 0 amide bonds. The number of carboxylic acids is 4. The second-order valence-corrected chi connectivity index (χ2v) is 3.29. The van der Waals surface area contributed by atoms with E-state index in [9.17, 15) is 0 Å². The predicted molar refractivity (Wildman–Crippen MR) is 87.5 cm³/mol. The molecule has 130 valence electrons. The van der Waals surface area contributed by atoms with Gasteiger partial charge in [0.1, 0.15) is 0 Å². The van der Waals surface area contributed by atoms with Crippen LogP contribution >= 0.6 is 0 Å². The third-order valence-electron chi connectivity index (χ3n) is 0.372. The van der Waals surface area contributed by atoms with Gasteiger partial charge >= 0.3 is 0 Å². The van der Waals surface area contributed by atoms with Gasteiger partial charge in [-0.2, -0.15) is 0 Å². The van der Waals surface area contributed by atoms with Crippen molar-refractivity contribution in [3.8, 4) is 0 Å². The van der Waals surface area contributed by atoms with Gasteiger partial charge in [0.25, 0.3) is 23.9 Å². The number of rotatable bonds is 1. The van der Waals surface area contributed by atoms with Gasteiger partial charge in [-0.3, -0.25) is 19.2 Å². The van der Waals surface area contributed by atoms with Crippen molar-refractivity contribution in [1.29, 1.82) is 0 Å². The fourth-order valence-electron chi connectivity index (χ4n) is 0. The van der Waals surface area contributed by atoms with Crippen LogP contribution in [0.2, 0.25) is 0 Å². The van der Waals surface area contributed by atoms with Gasteiger partial charge in [-0.25, -0.2) is 0 Å². The van der Waals surface area contributed by atoms with Crippen LogP contribution in [0.25, 0.3) is 0 Å². The van der Waals surface area contributed by atoms with Crippen molar-refractivity contribution < 1.29 is 39.6 Å². The van der Waals surface area contributed by atoms with Crippen LogP contribution in [0.15, 0.2) is 0 Å². The molecule has 0 fully saturated rings. The summed E-state index contributed by atoms with van der Waals surface area (Å²) in [6, 6.07) is 0.162. The topological polar surface area (TPSA) is 201 Å². The monoisotopic (exact) mass is 360 g/mol. The van der Waals surface area contributed by atoms with Crippen molar-refractivity contribution in [3.05, 3.63) is 0 Å². The third-order valence-corrected chi connectivity index (χ3v) is 0.372. The minimum Gasteiger partial charge on any atom is -0.481 e. The van der Waals surface area contributed by atoms with Crippen molar-refractivity contribution in [3.63, 3.8) is 0 Å². The fraction of sp³-hybridized carbons (Fsp3) is 0.636. The molecule has 0 aliphatic rings. The standard InChI is InChI=1S/C3H10N2.4C2H4O2.2Na/c1-3(5)2-4;4*1-2(3)4;;/h3H,2,4-5H2,1H3;4*1H3,(H,3,4);;. The van der Waals surface area contributed by atoms with Gasteiger partial charge in [-0.05, 0) is 6.92 Å². The molecule has 0 saturated heterocycles. The molecule has 0 bridgehead atoms. The van der Waals surface area contributed by atoms with Gasteiger partial charge in [-0.1, -0.05) is 0 Å². The Labute approximate surface area is 180 Å². The smallest absolute Gasteiger partial charge is 0.300 e. The van der Waals surface area contributed by atoms with Crippen molar-refractivity contribution in [1.82, 2.24) is 0 Å². The molecule has 2 radical (unpaired) electrons. The van der Waals surface area contributed by atoms with Crippen LogP contribution in [0, 0.1) is 0 Å². The Bertz CT molecular complexity index is 225. The summed E-state index contributed by atoms with van der Waals surface area (Å²) in [4.78, 5) is 36.0. The van der Waals surface area contributed by atoms with Crippen LogP contribution in [0.3, 0.4) is 0 Å². The summed E-state index contributed by atoms with van der Waals surface area (Å²) in [6.07, 6.45) is 0. The van der Waals surface area contributed by atoms with E-state index in [1.807, 2.05) is 6.92 Å². The zero-order valence-corrected chi connectivity index (χ0v) is 18.9. The molecule has 10 nitrogen and oxygen atoms in total. The first-order valence-corrected chi connectivity index (χ1v) is 5.44. The molecule has 0 aromatic rings. The number of hydrogen-bond donors (Lipinski definition) is 6. The summed E-state index contributed by atoms with van der Waals surface area (Å²) in [7, 11) is 0. The molecule has 0 aliphatic carbocycles. The maximum absolute atomic E-state index is 9.00. The molecule has 8 N–H and O–H groups in total. The van der Waals surface area contributed by atoms with Crippen molar-refractivity contribution in [2.45, 2.75) is 40.7 Å². The summed E-state index contributed by atoms with van der Waals surface area (Å²) in [5.74, 6) is -3.33. The second kappa shape index (κ2) is 37.8. The van der Waals surface area contributed by atoms with E-state index in [4.69, 9.17) is 51.1 Å². The number of nitrogens with two attached hydrogens (primary N) is 2. The molecule has 0 aromatic carbocycles. The predicted octanol–water partition coefficient (Wildman–Crippen LogP) is -1.11. The van der Waals surface area contributed by atoms with E-state index < -0.39 is 23.9 Å². The molecule has 0 heterocycles. The number of hydrogen-bond acceptors (Lipinski definition) is 6. The average Bonchev–Trinajstić information content (AvgIpc) is 2.13. The van der Waals surface area contributed by atoms with Crippen molar-refractivity contribution in [2.24, 2.45) is 11.5 Å². The van der Waals surface area contributed by atoms with Crippen LogP contribution in [-0.2, 0) is 19.2 Å². The van der Waals surface area contributed by atoms with Gasteiger partial charge in [0.2, 0.25) is 0 Å². The van der Waals surface area contributed by atoms with E-state index >= 15 is 0 Å². The molecule has 1 unspecified atom stereocenters. The zero-order valence-electron chi connectivity index (χ0n) is 14.9. The second-order valence-electron chi connectivity index (χ2n) is 3.29. The van der Waals surface area contributed by atoms with E-state index in [2.05, 4.69) is 0 Å². The van der Waals surface area contributed by atoms with Gasteiger partial charge in [-0.15, -0.1) is 0 Å². The molecular weight excluding hydrogens is 334 g/mol. The van der Waals surface area contributed by atoms with E-state index in [0.29, 0.717) is 6.54 Å². The first-order valence-electron chi connectivity index (χ1n) is 5.44. The third kappa shape index (κ3) is 2640. The van der Waals surface area contributed by atoms with Crippen molar-refractivity contribution in [2.75, 3.05) is 6.54 Å². The Morgan fingerprint density at radius 1 is 0.739 bits per heavy atom. The summed E-state index contributed by atoms with van der Waals surface area (Å²) < 4.78 is 0. The van der Waals surface area contributed by atoms with Crippen LogP contribution < -0.4 is 11.5 Å². The quantitative estimate of drug-likeness (QED) is 0.311. The molecular formula is C11H26N2Na2O8. The molecule has 0 aliphatic heterocycles. The average molecular weight is 360 g/mol. The number of aliphatic carboxylic acids is 4. The minimum absolute atomic E-state index is 0. The van der Waals surface area contributed by atoms with Gasteiger partial charge in [0.05, 0.1) is 0 Å². The van der Waals surface area contributed by atoms with Crippen LogP contribution in [-0.4, -0.2) is 116 Å². The van der Waals surface area contributed by atoms with Gasteiger partial charge < -0.3 is 31.9 Å². The molecule has 23 heavy (non-hydrogen) atoms. The van der Waals surface area contributed by atoms with E-state index in [1.165, 1.54) is 0 Å². The Hall–Kier alpha value is -0.200. The molecule has 0 saturated carbocycles. The van der Waals surface area contributed by atoms with Crippen LogP contribution in [0.4, 0.5) is 0 Å². The Balaban J connectivity index is -0.0000000273. The maximum Gasteiger partial charge on any atom is 0.300 e. The van der Waals surface area contributed by atoms with Crippen LogP contribution in [0.5, 0.6) is 0 Å². The molecule has 1 atom stereocenters. The first kappa shape index (κ1) is 43.4. The Kier molecular flexibility index (Phi) is 71.3. The minimum atomic E-state index is -0.833. The molecule has 0 spiro atoms. The zero-order chi connectivity index (χ0) is 18.6.